The molecule has 1 aromatic rings. The lowest BCUT2D eigenvalue weighted by atomic mass is 10.1. The molecule has 0 saturated carbocycles. The summed E-state index contributed by atoms with van der Waals surface area (Å²) in [5, 5.41) is 5.45. The fourth-order valence-electron chi connectivity index (χ4n) is 2.92. The Morgan fingerprint density at radius 3 is 2.94 bits per heavy atom. The molecule has 0 spiro atoms. The minimum atomic E-state index is 0.182. The van der Waals surface area contributed by atoms with E-state index >= 15 is 0 Å². The highest BCUT2D eigenvalue weighted by atomic mass is 32.1. The average molecular weight is 265 g/mol. The molecule has 0 bridgehead atoms. The van der Waals surface area contributed by atoms with Gasteiger partial charge in [-0.2, -0.15) is 0 Å². The molecule has 4 nitrogen and oxygen atoms in total. The van der Waals surface area contributed by atoms with Crippen molar-refractivity contribution in [2.45, 2.75) is 25.4 Å². The second-order valence-corrected chi connectivity index (χ2v) is 6.12. The zero-order chi connectivity index (χ0) is 12.7. The van der Waals surface area contributed by atoms with Crippen LogP contribution in [-0.4, -0.2) is 48.6 Å². The Bertz CT molecular complexity index is 453. The van der Waals surface area contributed by atoms with Gasteiger partial charge in [0.25, 0.3) is 0 Å². The second kappa shape index (κ2) is 4.55. The van der Waals surface area contributed by atoms with Crippen LogP contribution < -0.4 is 5.32 Å². The maximum atomic E-state index is 12.3. The molecule has 2 unspecified atom stereocenters. The quantitative estimate of drug-likeness (QED) is 0.885. The number of thiophene rings is 1. The maximum Gasteiger partial charge on any atom is 0.320 e. The van der Waals surface area contributed by atoms with Crippen molar-refractivity contribution in [3.63, 3.8) is 0 Å². The molecule has 2 aliphatic rings. The van der Waals surface area contributed by atoms with Gasteiger partial charge in [0.2, 0.25) is 0 Å². The van der Waals surface area contributed by atoms with Gasteiger partial charge >= 0.3 is 6.03 Å². The van der Waals surface area contributed by atoms with Crippen LogP contribution in [0.15, 0.2) is 11.4 Å². The van der Waals surface area contributed by atoms with Gasteiger partial charge in [0.05, 0.1) is 6.04 Å². The van der Waals surface area contributed by atoms with Crippen LogP contribution in [0.1, 0.15) is 22.9 Å². The highest BCUT2D eigenvalue weighted by Crippen LogP contribution is 2.34. The largest absolute Gasteiger partial charge is 0.320 e. The Labute approximate surface area is 112 Å². The van der Waals surface area contributed by atoms with Gasteiger partial charge in [-0.25, -0.2) is 4.79 Å². The van der Waals surface area contributed by atoms with E-state index in [2.05, 4.69) is 23.7 Å². The van der Waals surface area contributed by atoms with E-state index in [9.17, 15) is 4.79 Å². The molecule has 0 aromatic carbocycles. The van der Waals surface area contributed by atoms with Crippen molar-refractivity contribution in [2.75, 3.05) is 26.7 Å². The van der Waals surface area contributed by atoms with Crippen molar-refractivity contribution in [1.29, 1.82) is 0 Å². The molecule has 2 atom stereocenters. The molecular formula is C13H19N3OS. The zero-order valence-electron chi connectivity index (χ0n) is 10.8. The molecular weight excluding hydrogens is 246 g/mol. The average Bonchev–Trinajstić information content (AvgIpc) is 3.04. The number of rotatable bonds is 2. The van der Waals surface area contributed by atoms with Crippen LogP contribution in [0.5, 0.6) is 0 Å². The SMILES string of the molecule is Cc1ccsc1C1CN(C2CCNC2)C(=O)N1C. The van der Waals surface area contributed by atoms with Crippen molar-refractivity contribution in [3.8, 4) is 0 Å². The zero-order valence-corrected chi connectivity index (χ0v) is 11.7. The number of carbonyl (C=O) groups excluding carboxylic acids is 1. The van der Waals surface area contributed by atoms with Crippen LogP contribution >= 0.6 is 11.3 Å². The normalized spacial score (nSPS) is 28.4. The Balaban J connectivity index is 1.82. The summed E-state index contributed by atoms with van der Waals surface area (Å²) in [6, 6.07) is 2.93. The minimum Gasteiger partial charge on any atom is -0.318 e. The molecule has 1 aromatic heterocycles. The first kappa shape index (κ1) is 12.0. The fraction of sp³-hybridized carbons (Fsp3) is 0.615. The number of amides is 2. The van der Waals surface area contributed by atoms with E-state index in [4.69, 9.17) is 0 Å². The van der Waals surface area contributed by atoms with Gasteiger partial charge in [-0.15, -0.1) is 11.3 Å². The number of hydrogen-bond acceptors (Lipinski definition) is 3. The third-order valence-electron chi connectivity index (χ3n) is 4.06. The van der Waals surface area contributed by atoms with Gasteiger partial charge in [-0.1, -0.05) is 0 Å². The minimum absolute atomic E-state index is 0.182. The number of nitrogens with one attached hydrogen (secondary N) is 1. The molecule has 3 heterocycles. The summed E-state index contributed by atoms with van der Waals surface area (Å²) in [5.41, 5.74) is 1.30. The monoisotopic (exact) mass is 265 g/mol. The van der Waals surface area contributed by atoms with E-state index < -0.39 is 0 Å². The first-order valence-electron chi connectivity index (χ1n) is 6.46. The van der Waals surface area contributed by atoms with Gasteiger partial charge in [-0.05, 0) is 36.9 Å². The summed E-state index contributed by atoms with van der Waals surface area (Å²) in [6.07, 6.45) is 1.08. The summed E-state index contributed by atoms with van der Waals surface area (Å²) in [4.78, 5) is 17.6. The molecule has 18 heavy (non-hydrogen) atoms. The molecule has 2 aliphatic heterocycles. The van der Waals surface area contributed by atoms with Crippen LogP contribution in [0.3, 0.4) is 0 Å². The lowest BCUT2D eigenvalue weighted by molar-refractivity contribution is 0.184. The Morgan fingerprint density at radius 1 is 1.50 bits per heavy atom. The predicted octanol–water partition coefficient (Wildman–Crippen LogP) is 1.83. The summed E-state index contributed by atoms with van der Waals surface area (Å²) < 4.78 is 0. The van der Waals surface area contributed by atoms with Crippen molar-refractivity contribution in [2.24, 2.45) is 0 Å². The van der Waals surface area contributed by atoms with Gasteiger partial charge in [0.15, 0.2) is 0 Å². The van der Waals surface area contributed by atoms with Gasteiger partial charge < -0.3 is 15.1 Å². The molecule has 2 amide bonds. The lowest BCUT2D eigenvalue weighted by Gasteiger charge is -2.22. The number of aryl methyl sites for hydroxylation is 1. The van der Waals surface area contributed by atoms with E-state index in [0.717, 1.165) is 26.1 Å². The summed E-state index contributed by atoms with van der Waals surface area (Å²) in [5.74, 6) is 0. The van der Waals surface area contributed by atoms with Crippen molar-refractivity contribution < 1.29 is 4.79 Å². The summed E-state index contributed by atoms with van der Waals surface area (Å²) in [6.45, 7) is 4.93. The van der Waals surface area contributed by atoms with E-state index in [0.29, 0.717) is 6.04 Å². The van der Waals surface area contributed by atoms with Crippen molar-refractivity contribution in [1.82, 2.24) is 15.1 Å². The van der Waals surface area contributed by atoms with Gasteiger partial charge in [-0.3, -0.25) is 0 Å². The number of nitrogens with zero attached hydrogens (tertiary/aromatic N) is 2. The second-order valence-electron chi connectivity index (χ2n) is 5.18. The number of carbonyl (C=O) groups is 1. The van der Waals surface area contributed by atoms with Crippen LogP contribution in [0.4, 0.5) is 4.79 Å². The van der Waals surface area contributed by atoms with Crippen LogP contribution in [0.2, 0.25) is 0 Å². The molecule has 98 valence electrons. The van der Waals surface area contributed by atoms with Crippen LogP contribution in [-0.2, 0) is 0 Å². The van der Waals surface area contributed by atoms with E-state index in [1.165, 1.54) is 10.4 Å². The molecule has 1 N–H and O–H groups in total. The molecule has 3 rings (SSSR count). The molecule has 2 fully saturated rings. The van der Waals surface area contributed by atoms with Crippen molar-refractivity contribution >= 4 is 17.4 Å². The third-order valence-corrected chi connectivity index (χ3v) is 5.18. The third kappa shape index (κ3) is 1.82. The lowest BCUT2D eigenvalue weighted by Crippen LogP contribution is -2.39. The van der Waals surface area contributed by atoms with E-state index in [1.54, 1.807) is 11.3 Å². The molecule has 0 radical (unpaired) electrons. The number of urea groups is 1. The van der Waals surface area contributed by atoms with E-state index in [-0.39, 0.29) is 12.1 Å². The van der Waals surface area contributed by atoms with Gasteiger partial charge in [0, 0.05) is 31.1 Å². The van der Waals surface area contributed by atoms with Crippen LogP contribution in [0, 0.1) is 6.92 Å². The summed E-state index contributed by atoms with van der Waals surface area (Å²) >= 11 is 1.76. The van der Waals surface area contributed by atoms with Crippen LogP contribution in [0.25, 0.3) is 0 Å². The molecule has 2 saturated heterocycles. The fourth-order valence-corrected chi connectivity index (χ4v) is 3.98. The van der Waals surface area contributed by atoms with Gasteiger partial charge in [0.1, 0.15) is 0 Å². The smallest absolute Gasteiger partial charge is 0.318 e. The first-order valence-corrected chi connectivity index (χ1v) is 7.34. The number of hydrogen-bond donors (Lipinski definition) is 1. The highest BCUT2D eigenvalue weighted by molar-refractivity contribution is 7.10. The predicted molar refractivity (Wildman–Crippen MR) is 72.9 cm³/mol. The maximum absolute atomic E-state index is 12.3. The Kier molecular flexibility index (Phi) is 3.03. The number of likely N-dealkylation sites (N-methyl/N-ethyl adjacent to an activating group) is 1. The first-order chi connectivity index (χ1) is 8.68. The summed E-state index contributed by atoms with van der Waals surface area (Å²) in [7, 11) is 1.93. The topological polar surface area (TPSA) is 35.6 Å². The Morgan fingerprint density at radius 2 is 2.33 bits per heavy atom. The molecule has 0 aliphatic carbocycles. The molecule has 5 heteroatoms. The highest BCUT2D eigenvalue weighted by Gasteiger charge is 2.40. The van der Waals surface area contributed by atoms with E-state index in [1.807, 2.05) is 16.8 Å². The standard InChI is InChI=1S/C13H19N3OS/c1-9-4-6-18-12(9)11-8-16(13(17)15(11)2)10-3-5-14-7-10/h4,6,10-11,14H,3,5,7-8H2,1-2H3. The van der Waals surface area contributed by atoms with Crippen molar-refractivity contribution in [3.05, 3.63) is 21.9 Å². The Hall–Kier alpha value is -1.07.